The molecule has 0 aliphatic carbocycles. The van der Waals surface area contributed by atoms with Crippen LogP contribution in [0.5, 0.6) is 0 Å². The normalized spacial score (nSPS) is 14.8. The van der Waals surface area contributed by atoms with Crippen molar-refractivity contribution >= 4 is 17.6 Å². The number of rotatable bonds is 3. The molecule has 0 aliphatic rings. The van der Waals surface area contributed by atoms with Gasteiger partial charge in [-0.05, 0) is 20.0 Å². The third-order valence-corrected chi connectivity index (χ3v) is 2.67. The summed E-state index contributed by atoms with van der Waals surface area (Å²) in [4.78, 5) is 11.1. The number of nitrogens with one attached hydrogen (secondary N) is 1. The first-order valence-corrected chi connectivity index (χ1v) is 4.57. The van der Waals surface area contributed by atoms with Gasteiger partial charge < -0.3 is 10.4 Å². The van der Waals surface area contributed by atoms with E-state index in [1.165, 1.54) is 0 Å². The lowest BCUT2D eigenvalue weighted by molar-refractivity contribution is -0.144. The zero-order chi connectivity index (χ0) is 10.8. The van der Waals surface area contributed by atoms with Crippen molar-refractivity contribution in [2.75, 3.05) is 7.05 Å². The fourth-order valence-corrected chi connectivity index (χ4v) is 1.55. The molecule has 1 rings (SSSR count). The van der Waals surface area contributed by atoms with Gasteiger partial charge in [0, 0.05) is 10.6 Å². The second kappa shape index (κ2) is 3.98. The average molecular weight is 214 g/mol. The standard InChI is InChI=1S/C10H12ClNO2/c1-10(12-2,9(13)14)7-5-3-4-6-8(7)11/h3-6,12H,1-2H3,(H,13,14)/t10-/m1/s1. The van der Waals surface area contributed by atoms with E-state index >= 15 is 0 Å². The Balaban J connectivity index is 3.26. The zero-order valence-corrected chi connectivity index (χ0v) is 8.80. The van der Waals surface area contributed by atoms with Crippen LogP contribution in [0.15, 0.2) is 24.3 Å². The molecule has 0 heterocycles. The van der Waals surface area contributed by atoms with Gasteiger partial charge in [-0.1, -0.05) is 29.8 Å². The Kier molecular flexibility index (Phi) is 3.13. The van der Waals surface area contributed by atoms with Crippen molar-refractivity contribution in [3.05, 3.63) is 34.9 Å². The highest BCUT2D eigenvalue weighted by Gasteiger charge is 2.34. The van der Waals surface area contributed by atoms with Crippen LogP contribution in [0.2, 0.25) is 5.02 Å². The number of benzene rings is 1. The van der Waals surface area contributed by atoms with Crippen molar-refractivity contribution in [1.29, 1.82) is 0 Å². The second-order valence-corrected chi connectivity index (χ2v) is 3.57. The summed E-state index contributed by atoms with van der Waals surface area (Å²) in [6.45, 7) is 1.58. The summed E-state index contributed by atoms with van der Waals surface area (Å²) >= 11 is 5.93. The molecule has 76 valence electrons. The van der Waals surface area contributed by atoms with Crippen LogP contribution >= 0.6 is 11.6 Å². The number of hydrogen-bond donors (Lipinski definition) is 2. The van der Waals surface area contributed by atoms with Crippen LogP contribution in [-0.2, 0) is 10.3 Å². The van der Waals surface area contributed by atoms with Gasteiger partial charge in [-0.2, -0.15) is 0 Å². The van der Waals surface area contributed by atoms with E-state index in [1.807, 2.05) is 0 Å². The van der Waals surface area contributed by atoms with Gasteiger partial charge in [-0.15, -0.1) is 0 Å². The van der Waals surface area contributed by atoms with Crippen LogP contribution in [0.3, 0.4) is 0 Å². The molecule has 0 radical (unpaired) electrons. The molecule has 0 bridgehead atoms. The predicted molar refractivity (Wildman–Crippen MR) is 55.5 cm³/mol. The molecule has 4 heteroatoms. The summed E-state index contributed by atoms with van der Waals surface area (Å²) in [6, 6.07) is 6.91. The van der Waals surface area contributed by atoms with Crippen molar-refractivity contribution in [1.82, 2.24) is 5.32 Å². The number of carbonyl (C=O) groups is 1. The van der Waals surface area contributed by atoms with Crippen molar-refractivity contribution < 1.29 is 9.90 Å². The van der Waals surface area contributed by atoms with E-state index in [0.717, 1.165) is 0 Å². The Morgan fingerprint density at radius 2 is 2.07 bits per heavy atom. The van der Waals surface area contributed by atoms with Gasteiger partial charge in [0.15, 0.2) is 0 Å². The Hall–Kier alpha value is -1.06. The van der Waals surface area contributed by atoms with E-state index in [2.05, 4.69) is 5.32 Å². The number of aliphatic carboxylic acids is 1. The zero-order valence-electron chi connectivity index (χ0n) is 8.04. The van der Waals surface area contributed by atoms with Gasteiger partial charge in [0.25, 0.3) is 0 Å². The molecule has 0 aliphatic heterocycles. The predicted octanol–water partition coefficient (Wildman–Crippen LogP) is 1.86. The van der Waals surface area contributed by atoms with Crippen LogP contribution in [0.25, 0.3) is 0 Å². The largest absolute Gasteiger partial charge is 0.480 e. The van der Waals surface area contributed by atoms with E-state index in [4.69, 9.17) is 16.7 Å². The maximum atomic E-state index is 11.1. The number of hydrogen-bond acceptors (Lipinski definition) is 2. The summed E-state index contributed by atoms with van der Waals surface area (Å²) in [5, 5.41) is 12.3. The number of likely N-dealkylation sites (N-methyl/N-ethyl adjacent to an activating group) is 1. The Labute approximate surface area is 87.7 Å². The van der Waals surface area contributed by atoms with Gasteiger partial charge in [-0.25, -0.2) is 4.79 Å². The number of halogens is 1. The van der Waals surface area contributed by atoms with Crippen LogP contribution in [0.1, 0.15) is 12.5 Å². The third kappa shape index (κ3) is 1.74. The minimum atomic E-state index is -1.14. The highest BCUT2D eigenvalue weighted by Crippen LogP contribution is 2.27. The van der Waals surface area contributed by atoms with E-state index in [1.54, 1.807) is 38.2 Å². The molecule has 1 aromatic rings. The summed E-state index contributed by atoms with van der Waals surface area (Å²) in [5.41, 5.74) is -0.574. The number of carboxylic acid groups (broad SMARTS) is 1. The highest BCUT2D eigenvalue weighted by molar-refractivity contribution is 6.31. The van der Waals surface area contributed by atoms with Crippen molar-refractivity contribution in [2.24, 2.45) is 0 Å². The molecule has 1 aromatic carbocycles. The quantitative estimate of drug-likeness (QED) is 0.806. The molecule has 1 atom stereocenters. The van der Waals surface area contributed by atoms with Crippen molar-refractivity contribution in [2.45, 2.75) is 12.5 Å². The van der Waals surface area contributed by atoms with Gasteiger partial charge >= 0.3 is 5.97 Å². The first-order chi connectivity index (χ1) is 6.52. The molecule has 0 amide bonds. The summed E-state index contributed by atoms with van der Waals surface area (Å²) in [6.07, 6.45) is 0. The maximum Gasteiger partial charge on any atom is 0.328 e. The Bertz CT molecular complexity index is 354. The van der Waals surface area contributed by atoms with Crippen molar-refractivity contribution in [3.8, 4) is 0 Å². The van der Waals surface area contributed by atoms with Gasteiger partial charge in [-0.3, -0.25) is 0 Å². The van der Waals surface area contributed by atoms with Gasteiger partial charge in [0.1, 0.15) is 5.54 Å². The molecule has 0 saturated carbocycles. The first kappa shape index (κ1) is 11.0. The molecule has 3 nitrogen and oxygen atoms in total. The van der Waals surface area contributed by atoms with Crippen LogP contribution in [0.4, 0.5) is 0 Å². The number of carboxylic acids is 1. The van der Waals surface area contributed by atoms with Crippen LogP contribution in [-0.4, -0.2) is 18.1 Å². The third-order valence-electron chi connectivity index (χ3n) is 2.34. The molecule has 0 saturated heterocycles. The highest BCUT2D eigenvalue weighted by atomic mass is 35.5. The maximum absolute atomic E-state index is 11.1. The topological polar surface area (TPSA) is 49.3 Å². The van der Waals surface area contributed by atoms with Crippen LogP contribution in [0, 0.1) is 0 Å². The van der Waals surface area contributed by atoms with E-state index < -0.39 is 11.5 Å². The summed E-state index contributed by atoms with van der Waals surface area (Å²) in [5.74, 6) is -0.951. The second-order valence-electron chi connectivity index (χ2n) is 3.16. The Morgan fingerprint density at radius 1 is 1.50 bits per heavy atom. The van der Waals surface area contributed by atoms with Crippen molar-refractivity contribution in [3.63, 3.8) is 0 Å². The van der Waals surface area contributed by atoms with Crippen LogP contribution < -0.4 is 5.32 Å². The molecule has 0 unspecified atom stereocenters. The molecule has 0 spiro atoms. The lowest BCUT2D eigenvalue weighted by atomic mass is 9.92. The fraction of sp³-hybridized carbons (Fsp3) is 0.300. The lowest BCUT2D eigenvalue weighted by Crippen LogP contribution is -2.44. The van der Waals surface area contributed by atoms with E-state index in [9.17, 15) is 4.79 Å². The molecular formula is C10H12ClNO2. The van der Waals surface area contributed by atoms with E-state index in [0.29, 0.717) is 10.6 Å². The fourth-order valence-electron chi connectivity index (χ4n) is 1.22. The monoisotopic (exact) mass is 213 g/mol. The molecular weight excluding hydrogens is 202 g/mol. The SMILES string of the molecule is CN[C@@](C)(C(=O)O)c1ccccc1Cl. The smallest absolute Gasteiger partial charge is 0.328 e. The first-order valence-electron chi connectivity index (χ1n) is 4.19. The van der Waals surface area contributed by atoms with E-state index in [-0.39, 0.29) is 0 Å². The minimum absolute atomic E-state index is 0.451. The minimum Gasteiger partial charge on any atom is -0.480 e. The molecule has 2 N–H and O–H groups in total. The Morgan fingerprint density at radius 3 is 2.50 bits per heavy atom. The average Bonchev–Trinajstić information content (AvgIpc) is 2.17. The van der Waals surface area contributed by atoms with Gasteiger partial charge in [0.05, 0.1) is 0 Å². The molecule has 14 heavy (non-hydrogen) atoms. The summed E-state index contributed by atoms with van der Waals surface area (Å²) < 4.78 is 0. The molecule has 0 fully saturated rings. The summed E-state index contributed by atoms with van der Waals surface area (Å²) in [7, 11) is 1.59. The molecule has 0 aromatic heterocycles. The van der Waals surface area contributed by atoms with Gasteiger partial charge in [0.2, 0.25) is 0 Å². The lowest BCUT2D eigenvalue weighted by Gasteiger charge is -2.25.